The molecule has 7 heteroatoms. The summed E-state index contributed by atoms with van der Waals surface area (Å²) in [4.78, 5) is 31.7. The van der Waals surface area contributed by atoms with Gasteiger partial charge >= 0.3 is 0 Å². The molecule has 0 saturated heterocycles. The number of amides is 1. The number of hydrogen-bond donors (Lipinski definition) is 2. The van der Waals surface area contributed by atoms with Crippen molar-refractivity contribution >= 4 is 39.5 Å². The van der Waals surface area contributed by atoms with Crippen LogP contribution in [0.25, 0.3) is 0 Å². The predicted molar refractivity (Wildman–Crippen MR) is 94.0 cm³/mol. The first kappa shape index (κ1) is 15.8. The Balaban J connectivity index is 1.66. The van der Waals surface area contributed by atoms with Crippen LogP contribution in [0.15, 0.2) is 54.2 Å². The number of carbonyl (C=O) groups excluding carboxylic acids is 2. The molecule has 3 aromatic rings. The molecule has 2 N–H and O–H groups in total. The molecule has 0 unspecified atom stereocenters. The highest BCUT2D eigenvalue weighted by Gasteiger charge is 2.11. The number of thiazole rings is 1. The van der Waals surface area contributed by atoms with Crippen molar-refractivity contribution in [2.24, 2.45) is 0 Å². The van der Waals surface area contributed by atoms with Crippen molar-refractivity contribution in [3.63, 3.8) is 0 Å². The van der Waals surface area contributed by atoms with Gasteiger partial charge in [-0.05, 0) is 43.3 Å². The molecule has 0 fully saturated rings. The molecular formula is C17H14N4O2S. The summed E-state index contributed by atoms with van der Waals surface area (Å²) in [6, 6.07) is 10.4. The van der Waals surface area contributed by atoms with Crippen LogP contribution < -0.4 is 10.6 Å². The van der Waals surface area contributed by atoms with Gasteiger partial charge in [-0.2, -0.15) is 0 Å². The highest BCUT2D eigenvalue weighted by Crippen LogP contribution is 2.21. The molecule has 0 aliphatic heterocycles. The Kier molecular flexibility index (Phi) is 4.62. The maximum atomic E-state index is 12.2. The van der Waals surface area contributed by atoms with E-state index in [1.54, 1.807) is 42.0 Å². The molecule has 24 heavy (non-hydrogen) atoms. The molecule has 1 aromatic carbocycles. The molecule has 0 atom stereocenters. The lowest BCUT2D eigenvalue weighted by atomic mass is 10.1. The number of hydrogen-bond acceptors (Lipinski definition) is 6. The van der Waals surface area contributed by atoms with E-state index in [4.69, 9.17) is 0 Å². The van der Waals surface area contributed by atoms with Gasteiger partial charge in [-0.15, -0.1) is 11.3 Å². The monoisotopic (exact) mass is 338 g/mol. The lowest BCUT2D eigenvalue weighted by Gasteiger charge is -2.04. The van der Waals surface area contributed by atoms with Crippen LogP contribution in [0.2, 0.25) is 0 Å². The van der Waals surface area contributed by atoms with Crippen LogP contribution in [-0.4, -0.2) is 21.7 Å². The summed E-state index contributed by atoms with van der Waals surface area (Å²) >= 11 is 1.33. The second kappa shape index (κ2) is 7.01. The number of rotatable bonds is 5. The Morgan fingerprint density at radius 1 is 1.08 bits per heavy atom. The zero-order valence-corrected chi connectivity index (χ0v) is 13.6. The van der Waals surface area contributed by atoms with Crippen LogP contribution in [0.3, 0.4) is 0 Å². The molecule has 0 saturated carbocycles. The smallest absolute Gasteiger partial charge is 0.275 e. The number of carbonyl (C=O) groups is 2. The molecule has 2 aromatic heterocycles. The van der Waals surface area contributed by atoms with E-state index in [0.29, 0.717) is 22.1 Å². The molecule has 1 amide bonds. The number of anilines is 3. The van der Waals surface area contributed by atoms with E-state index in [0.717, 1.165) is 5.69 Å². The molecule has 0 aliphatic carbocycles. The predicted octanol–water partition coefficient (Wildman–Crippen LogP) is 3.74. The maximum Gasteiger partial charge on any atom is 0.275 e. The minimum absolute atomic E-state index is 0.0153. The average Bonchev–Trinajstić information content (AvgIpc) is 3.05. The van der Waals surface area contributed by atoms with Crippen molar-refractivity contribution in [3.8, 4) is 0 Å². The molecule has 0 aliphatic rings. The van der Waals surface area contributed by atoms with Crippen molar-refractivity contribution in [1.29, 1.82) is 0 Å². The fraction of sp³-hybridized carbons (Fsp3) is 0.0588. The number of Topliss-reactive ketones (excluding diaryl/α,β-unsaturated/α-hetero) is 1. The number of nitrogens with zero attached hydrogens (tertiary/aromatic N) is 2. The molecule has 0 bridgehead atoms. The van der Waals surface area contributed by atoms with Crippen molar-refractivity contribution in [1.82, 2.24) is 9.97 Å². The first-order valence-corrected chi connectivity index (χ1v) is 8.05. The van der Waals surface area contributed by atoms with E-state index in [9.17, 15) is 9.59 Å². The maximum absolute atomic E-state index is 12.2. The second-order valence-corrected chi connectivity index (χ2v) is 5.85. The zero-order chi connectivity index (χ0) is 16.9. The van der Waals surface area contributed by atoms with Gasteiger partial charge in [0.2, 0.25) is 0 Å². The van der Waals surface area contributed by atoms with E-state index in [1.807, 2.05) is 12.1 Å². The Bertz CT molecular complexity index is 860. The summed E-state index contributed by atoms with van der Waals surface area (Å²) in [5.41, 5.74) is 2.34. The van der Waals surface area contributed by atoms with Crippen LogP contribution in [0.5, 0.6) is 0 Å². The fourth-order valence-corrected chi connectivity index (χ4v) is 2.69. The van der Waals surface area contributed by atoms with Crippen LogP contribution in [-0.2, 0) is 0 Å². The SMILES string of the molecule is CC(=O)c1ccc(NC(=O)c2csc(Nc3cccnc3)n2)cc1. The normalized spacial score (nSPS) is 10.2. The summed E-state index contributed by atoms with van der Waals surface area (Å²) in [6.45, 7) is 1.50. The first-order chi connectivity index (χ1) is 11.6. The lowest BCUT2D eigenvalue weighted by molar-refractivity contribution is 0.101. The standard InChI is InChI=1S/C17H14N4O2S/c1-11(22)12-4-6-13(7-5-12)19-16(23)15-10-24-17(21-15)20-14-3-2-8-18-9-14/h2-10H,1H3,(H,19,23)(H,20,21). The van der Waals surface area contributed by atoms with E-state index in [1.165, 1.54) is 18.3 Å². The van der Waals surface area contributed by atoms with Gasteiger partial charge in [-0.25, -0.2) is 4.98 Å². The Hall–Kier alpha value is -3.06. The van der Waals surface area contributed by atoms with Crippen molar-refractivity contribution in [2.75, 3.05) is 10.6 Å². The van der Waals surface area contributed by atoms with Gasteiger partial charge in [0, 0.05) is 22.8 Å². The van der Waals surface area contributed by atoms with Gasteiger partial charge in [0.25, 0.3) is 5.91 Å². The van der Waals surface area contributed by atoms with Gasteiger partial charge in [-0.1, -0.05) is 0 Å². The number of aromatic nitrogens is 2. The molecule has 3 rings (SSSR count). The quantitative estimate of drug-likeness (QED) is 0.692. The van der Waals surface area contributed by atoms with Crippen LogP contribution in [0, 0.1) is 0 Å². The van der Waals surface area contributed by atoms with Crippen molar-refractivity contribution in [3.05, 3.63) is 65.4 Å². The van der Waals surface area contributed by atoms with E-state index in [2.05, 4.69) is 20.6 Å². The minimum atomic E-state index is -0.305. The molecule has 120 valence electrons. The Morgan fingerprint density at radius 2 is 1.88 bits per heavy atom. The van der Waals surface area contributed by atoms with Gasteiger partial charge in [0.15, 0.2) is 10.9 Å². The number of ketones is 1. The summed E-state index contributed by atoms with van der Waals surface area (Å²) in [6.07, 6.45) is 3.36. The minimum Gasteiger partial charge on any atom is -0.330 e. The second-order valence-electron chi connectivity index (χ2n) is 4.99. The first-order valence-electron chi connectivity index (χ1n) is 7.17. The summed E-state index contributed by atoms with van der Waals surface area (Å²) in [5.74, 6) is -0.320. The average molecular weight is 338 g/mol. The molecule has 6 nitrogen and oxygen atoms in total. The summed E-state index contributed by atoms with van der Waals surface area (Å²) in [7, 11) is 0. The number of benzene rings is 1. The van der Waals surface area contributed by atoms with Gasteiger partial charge in [-0.3, -0.25) is 14.6 Å². The van der Waals surface area contributed by atoms with Gasteiger partial charge < -0.3 is 10.6 Å². The molecule has 0 spiro atoms. The van der Waals surface area contributed by atoms with Crippen LogP contribution >= 0.6 is 11.3 Å². The molecule has 0 radical (unpaired) electrons. The zero-order valence-electron chi connectivity index (χ0n) is 12.8. The fourth-order valence-electron chi connectivity index (χ4n) is 1.98. The summed E-state index contributed by atoms with van der Waals surface area (Å²) in [5, 5.41) is 8.14. The topological polar surface area (TPSA) is 84.0 Å². The number of pyridine rings is 1. The molecular weight excluding hydrogens is 324 g/mol. The van der Waals surface area contributed by atoms with E-state index < -0.39 is 0 Å². The highest BCUT2D eigenvalue weighted by atomic mass is 32.1. The Labute approximate surface area is 142 Å². The van der Waals surface area contributed by atoms with Crippen molar-refractivity contribution in [2.45, 2.75) is 6.92 Å². The van der Waals surface area contributed by atoms with Crippen LogP contribution in [0.4, 0.5) is 16.5 Å². The highest BCUT2D eigenvalue weighted by molar-refractivity contribution is 7.14. The molecule has 2 heterocycles. The third kappa shape index (κ3) is 3.82. The summed E-state index contributed by atoms with van der Waals surface area (Å²) < 4.78 is 0. The van der Waals surface area contributed by atoms with E-state index in [-0.39, 0.29) is 11.7 Å². The van der Waals surface area contributed by atoms with Crippen molar-refractivity contribution < 1.29 is 9.59 Å². The Morgan fingerprint density at radius 3 is 2.54 bits per heavy atom. The largest absolute Gasteiger partial charge is 0.330 e. The third-order valence-electron chi connectivity index (χ3n) is 3.20. The van der Waals surface area contributed by atoms with Gasteiger partial charge in [0.05, 0.1) is 11.9 Å². The third-order valence-corrected chi connectivity index (χ3v) is 3.96. The van der Waals surface area contributed by atoms with Gasteiger partial charge in [0.1, 0.15) is 5.69 Å². The number of nitrogens with one attached hydrogen (secondary N) is 2. The van der Waals surface area contributed by atoms with E-state index >= 15 is 0 Å². The lowest BCUT2D eigenvalue weighted by Crippen LogP contribution is -2.12. The van der Waals surface area contributed by atoms with Crippen LogP contribution in [0.1, 0.15) is 27.8 Å².